The Hall–Kier alpha value is -3.49. The summed E-state index contributed by atoms with van der Waals surface area (Å²) in [5, 5.41) is 8.43. The first-order chi connectivity index (χ1) is 12.9. The maximum absolute atomic E-state index is 12.2. The summed E-state index contributed by atoms with van der Waals surface area (Å²) in [6, 6.07) is 10.9. The Kier molecular flexibility index (Phi) is 6.81. The normalized spacial score (nSPS) is 11.3. The molecule has 0 spiro atoms. The summed E-state index contributed by atoms with van der Waals surface area (Å²) in [6.07, 6.45) is -1.21. The molecule has 0 bridgehead atoms. The molecule has 0 aliphatic rings. The van der Waals surface area contributed by atoms with E-state index in [1.165, 1.54) is 19.1 Å². The first-order valence-electron chi connectivity index (χ1n) is 8.32. The summed E-state index contributed by atoms with van der Waals surface area (Å²) in [5.74, 6) is -1.65. The van der Waals surface area contributed by atoms with Crippen molar-refractivity contribution in [2.75, 3.05) is 6.54 Å². The molecule has 0 saturated heterocycles. The van der Waals surface area contributed by atoms with Gasteiger partial charge in [0.05, 0.1) is 6.54 Å². The fourth-order valence-corrected chi connectivity index (χ4v) is 2.12. The molecule has 0 unspecified atom stereocenters. The molecule has 9 heteroatoms. The van der Waals surface area contributed by atoms with E-state index in [2.05, 4.69) is 10.4 Å². The molecule has 3 amide bonds. The van der Waals surface area contributed by atoms with Crippen molar-refractivity contribution in [1.82, 2.24) is 20.4 Å². The number of amides is 3. The maximum atomic E-state index is 12.2. The van der Waals surface area contributed by atoms with Crippen LogP contribution in [0.3, 0.4) is 0 Å². The van der Waals surface area contributed by atoms with E-state index in [0.29, 0.717) is 6.54 Å². The Labute approximate surface area is 155 Å². The van der Waals surface area contributed by atoms with Gasteiger partial charge in [0.25, 0.3) is 11.5 Å². The molecule has 0 saturated carbocycles. The van der Waals surface area contributed by atoms with Crippen molar-refractivity contribution in [3.05, 3.63) is 64.1 Å². The largest absolute Gasteiger partial charge is 0.448 e. The topological polar surface area (TPSA) is 119 Å². The lowest BCUT2D eigenvalue weighted by Crippen LogP contribution is -2.44. The van der Waals surface area contributed by atoms with Crippen LogP contribution in [0.1, 0.15) is 29.9 Å². The van der Waals surface area contributed by atoms with Crippen LogP contribution in [0.2, 0.25) is 0 Å². The van der Waals surface area contributed by atoms with E-state index in [1.54, 1.807) is 6.92 Å². The zero-order chi connectivity index (χ0) is 19.8. The number of imide groups is 1. The van der Waals surface area contributed by atoms with Gasteiger partial charge >= 0.3 is 12.0 Å². The molecule has 0 aliphatic carbocycles. The van der Waals surface area contributed by atoms with Gasteiger partial charge in [0.15, 0.2) is 11.8 Å². The molecule has 2 aromatic rings. The van der Waals surface area contributed by atoms with Crippen molar-refractivity contribution in [3.63, 3.8) is 0 Å². The van der Waals surface area contributed by atoms with Gasteiger partial charge in [-0.05, 0) is 25.5 Å². The van der Waals surface area contributed by atoms with E-state index in [4.69, 9.17) is 4.74 Å². The lowest BCUT2D eigenvalue weighted by atomic mass is 10.2. The smallest absolute Gasteiger partial charge is 0.359 e. The number of carbonyl (C=O) groups is 3. The van der Waals surface area contributed by atoms with Crippen LogP contribution in [0.15, 0.2) is 47.3 Å². The van der Waals surface area contributed by atoms with Crippen molar-refractivity contribution in [2.45, 2.75) is 26.5 Å². The zero-order valence-electron chi connectivity index (χ0n) is 15.0. The van der Waals surface area contributed by atoms with Crippen molar-refractivity contribution in [2.24, 2.45) is 0 Å². The molecule has 27 heavy (non-hydrogen) atoms. The van der Waals surface area contributed by atoms with Crippen molar-refractivity contribution in [3.8, 4) is 0 Å². The van der Waals surface area contributed by atoms with Crippen LogP contribution in [0, 0.1) is 0 Å². The second-order valence-electron chi connectivity index (χ2n) is 5.60. The average Bonchev–Trinajstić information content (AvgIpc) is 2.64. The predicted octanol–water partition coefficient (Wildman–Crippen LogP) is 0.683. The first-order valence-corrected chi connectivity index (χ1v) is 8.32. The number of urea groups is 1. The quantitative estimate of drug-likeness (QED) is 0.720. The summed E-state index contributed by atoms with van der Waals surface area (Å²) < 4.78 is 6.14. The number of hydrogen-bond acceptors (Lipinski definition) is 6. The number of nitrogens with zero attached hydrogens (tertiary/aromatic N) is 2. The van der Waals surface area contributed by atoms with Crippen LogP contribution in [-0.4, -0.2) is 40.3 Å². The molecule has 1 aromatic carbocycles. The highest BCUT2D eigenvalue weighted by atomic mass is 16.5. The number of benzene rings is 1. The van der Waals surface area contributed by atoms with Crippen molar-refractivity contribution < 1.29 is 19.1 Å². The monoisotopic (exact) mass is 372 g/mol. The third kappa shape index (κ3) is 5.77. The van der Waals surface area contributed by atoms with Crippen LogP contribution < -0.4 is 16.2 Å². The Morgan fingerprint density at radius 2 is 1.85 bits per heavy atom. The lowest BCUT2D eigenvalue weighted by Gasteiger charge is -2.13. The Balaban J connectivity index is 2.06. The minimum Gasteiger partial charge on any atom is -0.448 e. The molecule has 1 heterocycles. The van der Waals surface area contributed by atoms with Crippen LogP contribution >= 0.6 is 0 Å². The molecular formula is C18H20N4O5. The number of rotatable bonds is 6. The van der Waals surface area contributed by atoms with Gasteiger partial charge in [-0.1, -0.05) is 30.3 Å². The summed E-state index contributed by atoms with van der Waals surface area (Å²) in [4.78, 5) is 47.3. The summed E-state index contributed by atoms with van der Waals surface area (Å²) in [7, 11) is 0. The summed E-state index contributed by atoms with van der Waals surface area (Å²) in [6.45, 7) is 3.56. The zero-order valence-corrected chi connectivity index (χ0v) is 15.0. The molecule has 2 N–H and O–H groups in total. The minimum atomic E-state index is -1.21. The SMILES string of the molecule is CCNC(=O)NC(=O)[C@@H](C)OC(=O)c1ccc(=O)n(Cc2ccccc2)n1. The van der Waals surface area contributed by atoms with Crippen LogP contribution in [0.5, 0.6) is 0 Å². The fourth-order valence-electron chi connectivity index (χ4n) is 2.12. The van der Waals surface area contributed by atoms with E-state index in [-0.39, 0.29) is 17.8 Å². The van der Waals surface area contributed by atoms with Gasteiger partial charge in [0.1, 0.15) is 0 Å². The van der Waals surface area contributed by atoms with E-state index < -0.39 is 24.0 Å². The Bertz CT molecular complexity index is 879. The van der Waals surface area contributed by atoms with Gasteiger partial charge < -0.3 is 10.1 Å². The van der Waals surface area contributed by atoms with Crippen molar-refractivity contribution >= 4 is 17.9 Å². The maximum Gasteiger partial charge on any atom is 0.359 e. The highest BCUT2D eigenvalue weighted by Crippen LogP contribution is 2.03. The molecular weight excluding hydrogens is 352 g/mol. The number of hydrogen-bond donors (Lipinski definition) is 2. The Morgan fingerprint density at radius 1 is 1.15 bits per heavy atom. The molecule has 0 aliphatic heterocycles. The predicted molar refractivity (Wildman–Crippen MR) is 96.1 cm³/mol. The van der Waals surface area contributed by atoms with Gasteiger partial charge in [0, 0.05) is 12.6 Å². The fraction of sp³-hybridized carbons (Fsp3) is 0.278. The highest BCUT2D eigenvalue weighted by Gasteiger charge is 2.21. The van der Waals surface area contributed by atoms with Crippen LogP contribution in [-0.2, 0) is 16.1 Å². The molecule has 0 fully saturated rings. The van der Waals surface area contributed by atoms with Gasteiger partial charge in [-0.2, -0.15) is 5.10 Å². The van der Waals surface area contributed by atoms with E-state index in [0.717, 1.165) is 10.2 Å². The lowest BCUT2D eigenvalue weighted by molar-refractivity contribution is -0.127. The van der Waals surface area contributed by atoms with Crippen LogP contribution in [0.4, 0.5) is 4.79 Å². The first kappa shape index (κ1) is 19.8. The van der Waals surface area contributed by atoms with E-state index >= 15 is 0 Å². The average molecular weight is 372 g/mol. The Morgan fingerprint density at radius 3 is 2.52 bits per heavy atom. The third-order valence-corrected chi connectivity index (χ3v) is 3.48. The summed E-state index contributed by atoms with van der Waals surface area (Å²) in [5.41, 5.74) is 0.341. The molecule has 0 radical (unpaired) electrons. The van der Waals surface area contributed by atoms with Gasteiger partial charge in [0.2, 0.25) is 0 Å². The second-order valence-corrected chi connectivity index (χ2v) is 5.60. The number of ether oxygens (including phenoxy) is 1. The molecule has 1 aromatic heterocycles. The van der Waals surface area contributed by atoms with Gasteiger partial charge in [-0.3, -0.25) is 14.9 Å². The molecule has 1 atom stereocenters. The number of carbonyl (C=O) groups excluding carboxylic acids is 3. The third-order valence-electron chi connectivity index (χ3n) is 3.48. The molecule has 2 rings (SSSR count). The number of aromatic nitrogens is 2. The van der Waals surface area contributed by atoms with Gasteiger partial charge in [-0.15, -0.1) is 0 Å². The standard InChI is InChI=1S/C18H20N4O5/c1-3-19-18(26)20-16(24)12(2)27-17(25)14-9-10-15(23)22(21-14)11-13-7-5-4-6-8-13/h4-10,12H,3,11H2,1-2H3,(H2,19,20,24,26)/t12-/m1/s1. The van der Waals surface area contributed by atoms with Crippen LogP contribution in [0.25, 0.3) is 0 Å². The summed E-state index contributed by atoms with van der Waals surface area (Å²) >= 11 is 0. The van der Waals surface area contributed by atoms with Crippen molar-refractivity contribution in [1.29, 1.82) is 0 Å². The molecule has 9 nitrogen and oxygen atoms in total. The van der Waals surface area contributed by atoms with E-state index in [1.807, 2.05) is 35.6 Å². The highest BCUT2D eigenvalue weighted by molar-refractivity contribution is 5.98. The number of nitrogens with one attached hydrogen (secondary N) is 2. The molecule has 142 valence electrons. The number of esters is 1. The minimum absolute atomic E-state index is 0.122. The second kappa shape index (κ2) is 9.27. The van der Waals surface area contributed by atoms with Gasteiger partial charge in [-0.25, -0.2) is 14.3 Å². The van der Waals surface area contributed by atoms with E-state index in [9.17, 15) is 19.2 Å².